The maximum atomic E-state index is 10.6. The van der Waals surface area contributed by atoms with E-state index in [1.807, 2.05) is 30.3 Å². The van der Waals surface area contributed by atoms with Gasteiger partial charge in [0.05, 0.1) is 67.4 Å². The lowest BCUT2D eigenvalue weighted by atomic mass is 10.0. The monoisotopic (exact) mass is 884 g/mol. The van der Waals surface area contributed by atoms with Crippen LogP contribution in [0.15, 0.2) is 218 Å². The molecule has 322 valence electrons. The van der Waals surface area contributed by atoms with E-state index in [0.717, 1.165) is 77.7 Å². The molecule has 69 heavy (non-hydrogen) atoms. The number of rotatable bonds is 5. The molecule has 0 fully saturated rings. The van der Waals surface area contributed by atoms with E-state index < -0.39 is 0 Å². The molecule has 0 radical (unpaired) electrons. The van der Waals surface area contributed by atoms with Crippen LogP contribution in [-0.2, 0) is 0 Å². The molecule has 14 aromatic rings. The molecule has 0 N–H and O–H groups in total. The van der Waals surface area contributed by atoms with E-state index in [1.165, 1.54) is 43.4 Å². The molecule has 10 aromatic carbocycles. The van der Waals surface area contributed by atoms with Crippen molar-refractivity contribution >= 4 is 87.2 Å². The topological polar surface area (TPSA) is 67.3 Å². The van der Waals surface area contributed by atoms with Crippen molar-refractivity contribution in [3.8, 4) is 46.0 Å². The number of nitrogens with zero attached hydrogens (tertiary/aromatic N) is 6. The van der Waals surface area contributed by atoms with Crippen LogP contribution in [0.1, 0.15) is 11.1 Å². The van der Waals surface area contributed by atoms with Gasteiger partial charge in [-0.1, -0.05) is 103 Å². The van der Waals surface area contributed by atoms with Crippen LogP contribution in [0.4, 0.5) is 4.70 Å². The number of hydrogen-bond acceptors (Lipinski definition) is 2. The van der Waals surface area contributed by atoms with Crippen LogP contribution in [0.2, 0.25) is 0 Å². The van der Waals surface area contributed by atoms with Gasteiger partial charge in [-0.3, -0.25) is 4.70 Å². The summed E-state index contributed by atoms with van der Waals surface area (Å²) in [5.41, 5.74) is 15.9. The maximum Gasteiger partial charge on any atom is 0.0992 e. The Morgan fingerprint density at radius 2 is 0.609 bits per heavy atom. The quantitative estimate of drug-likeness (QED) is 0.173. The van der Waals surface area contributed by atoms with Gasteiger partial charge in [0.1, 0.15) is 0 Å². The number of fused-ring (bicyclic) bond motifs is 12. The molecule has 0 spiro atoms. The standard InChI is InChI=1S/C62H36N6.FH/c63-37-39-24-27-60-52(32-39)54-36-45(67-57-21-8-3-16-49(57)50-17-4-9-22-58(50)67)26-29-62(54)68(60)46-31-40(38-64)30-42(34-46)41-12-11-13-43(33-41)65-59-23-10-5-18-51(59)53-35-44(25-28-61(53)65)66-55-19-6-1-14-47(55)48-15-2-7-20-56(48)66;/h1-36H;1H. The molecule has 4 aromatic heterocycles. The summed E-state index contributed by atoms with van der Waals surface area (Å²) in [6, 6.07) is 81.9. The molecule has 14 rings (SSSR count). The van der Waals surface area contributed by atoms with Crippen molar-refractivity contribution < 1.29 is 4.70 Å². The highest BCUT2D eigenvalue weighted by molar-refractivity contribution is 6.14. The van der Waals surface area contributed by atoms with Crippen LogP contribution in [0.25, 0.3) is 121 Å². The first-order chi connectivity index (χ1) is 33.6. The number of aromatic nitrogens is 4. The highest BCUT2D eigenvalue weighted by Crippen LogP contribution is 2.40. The molecule has 6 nitrogen and oxygen atoms in total. The first kappa shape index (κ1) is 39.7. The molecule has 0 amide bonds. The van der Waals surface area contributed by atoms with Crippen molar-refractivity contribution in [2.75, 3.05) is 0 Å². The van der Waals surface area contributed by atoms with Gasteiger partial charge in [-0.2, -0.15) is 10.5 Å². The Labute approximate surface area is 394 Å². The Kier molecular flexibility index (Phi) is 8.73. The molecule has 4 heterocycles. The number of benzene rings is 10. The van der Waals surface area contributed by atoms with E-state index in [1.54, 1.807) is 0 Å². The zero-order chi connectivity index (χ0) is 45.0. The van der Waals surface area contributed by atoms with Gasteiger partial charge < -0.3 is 18.3 Å². The molecule has 0 atom stereocenters. The van der Waals surface area contributed by atoms with Crippen molar-refractivity contribution in [2.45, 2.75) is 0 Å². The number of halogens is 1. The molecular weight excluding hydrogens is 848 g/mol. The molecular formula is C62H37FN6. The fraction of sp³-hybridized carbons (Fsp3) is 0. The lowest BCUT2D eigenvalue weighted by Gasteiger charge is -2.14. The predicted octanol–water partition coefficient (Wildman–Crippen LogP) is 15.6. The predicted molar refractivity (Wildman–Crippen MR) is 281 cm³/mol. The van der Waals surface area contributed by atoms with Gasteiger partial charge in [0.2, 0.25) is 0 Å². The van der Waals surface area contributed by atoms with E-state index in [2.05, 4.69) is 218 Å². The fourth-order valence-corrected chi connectivity index (χ4v) is 11.1. The van der Waals surface area contributed by atoms with Crippen molar-refractivity contribution in [2.24, 2.45) is 0 Å². The van der Waals surface area contributed by atoms with Crippen LogP contribution in [-0.4, -0.2) is 18.3 Å². The smallest absolute Gasteiger partial charge is 0.0992 e. The Bertz CT molecular complexity index is 4440. The molecule has 0 bridgehead atoms. The Balaban J connectivity index is 0.00000469. The fourth-order valence-electron chi connectivity index (χ4n) is 11.1. The van der Waals surface area contributed by atoms with Gasteiger partial charge in [0.15, 0.2) is 0 Å². The van der Waals surface area contributed by atoms with E-state index in [9.17, 15) is 10.5 Å². The SMILES string of the molecule is F.N#Cc1cc(-c2cccc(-n3c4ccccc4c4cc(-n5c6ccccc6c6ccccc65)ccc43)c2)cc(-n2c3ccc(C#N)cc3c3cc(-n4c5ccccc5c5ccccc54)ccc32)c1. The second-order valence-electron chi connectivity index (χ2n) is 17.6. The summed E-state index contributed by atoms with van der Waals surface area (Å²) in [5.74, 6) is 0. The van der Waals surface area contributed by atoms with Gasteiger partial charge in [0.25, 0.3) is 0 Å². The largest absolute Gasteiger partial charge is 0.309 e. The van der Waals surface area contributed by atoms with Gasteiger partial charge in [-0.05, 0) is 126 Å². The van der Waals surface area contributed by atoms with E-state index in [0.29, 0.717) is 11.1 Å². The van der Waals surface area contributed by atoms with Crippen molar-refractivity contribution in [3.05, 3.63) is 230 Å². The zero-order valence-electron chi connectivity index (χ0n) is 36.9. The summed E-state index contributed by atoms with van der Waals surface area (Å²) in [5, 5.41) is 29.9. The normalized spacial score (nSPS) is 11.6. The molecule has 0 unspecified atom stereocenters. The first-order valence-corrected chi connectivity index (χ1v) is 22.8. The first-order valence-electron chi connectivity index (χ1n) is 22.8. The Morgan fingerprint density at radius 3 is 1.09 bits per heavy atom. The van der Waals surface area contributed by atoms with Crippen molar-refractivity contribution in [1.29, 1.82) is 10.5 Å². The summed E-state index contributed by atoms with van der Waals surface area (Å²) in [4.78, 5) is 0. The summed E-state index contributed by atoms with van der Waals surface area (Å²) >= 11 is 0. The molecule has 0 aliphatic carbocycles. The van der Waals surface area contributed by atoms with Crippen LogP contribution in [0.3, 0.4) is 0 Å². The van der Waals surface area contributed by atoms with Gasteiger partial charge in [0, 0.05) is 65.8 Å². The van der Waals surface area contributed by atoms with Crippen LogP contribution < -0.4 is 0 Å². The number of para-hydroxylation sites is 5. The maximum absolute atomic E-state index is 10.6. The Morgan fingerprint density at radius 1 is 0.246 bits per heavy atom. The summed E-state index contributed by atoms with van der Waals surface area (Å²) < 4.78 is 9.29. The zero-order valence-corrected chi connectivity index (χ0v) is 36.9. The van der Waals surface area contributed by atoms with Gasteiger partial charge in [-0.25, -0.2) is 0 Å². The van der Waals surface area contributed by atoms with E-state index in [-0.39, 0.29) is 4.70 Å². The lowest BCUT2D eigenvalue weighted by molar-refractivity contribution is 1.11. The molecule has 0 aliphatic rings. The number of hydrogen-bond donors (Lipinski definition) is 0. The minimum atomic E-state index is 0. The molecule has 0 saturated heterocycles. The summed E-state index contributed by atoms with van der Waals surface area (Å²) in [6.45, 7) is 0. The van der Waals surface area contributed by atoms with Crippen molar-refractivity contribution in [1.82, 2.24) is 18.3 Å². The Hall–Kier alpha value is -9.69. The van der Waals surface area contributed by atoms with Crippen LogP contribution >= 0.6 is 0 Å². The molecule has 0 saturated carbocycles. The van der Waals surface area contributed by atoms with Gasteiger partial charge >= 0.3 is 0 Å². The third-order valence-electron chi connectivity index (χ3n) is 14.0. The van der Waals surface area contributed by atoms with E-state index in [4.69, 9.17) is 0 Å². The van der Waals surface area contributed by atoms with Crippen molar-refractivity contribution in [3.63, 3.8) is 0 Å². The third-order valence-corrected chi connectivity index (χ3v) is 14.0. The average Bonchev–Trinajstić information content (AvgIpc) is 4.13. The van der Waals surface area contributed by atoms with Crippen LogP contribution in [0, 0.1) is 22.7 Å². The lowest BCUT2D eigenvalue weighted by Crippen LogP contribution is -1.98. The summed E-state index contributed by atoms with van der Waals surface area (Å²) in [7, 11) is 0. The highest BCUT2D eigenvalue weighted by atomic mass is 19.0. The third kappa shape index (κ3) is 5.82. The molecule has 7 heteroatoms. The second kappa shape index (κ2) is 15.2. The number of nitriles is 2. The minimum Gasteiger partial charge on any atom is -0.309 e. The second-order valence-corrected chi connectivity index (χ2v) is 17.6. The van der Waals surface area contributed by atoms with Gasteiger partial charge in [-0.15, -0.1) is 0 Å². The highest BCUT2D eigenvalue weighted by Gasteiger charge is 2.20. The molecule has 0 aliphatic heterocycles. The van der Waals surface area contributed by atoms with E-state index >= 15 is 0 Å². The summed E-state index contributed by atoms with van der Waals surface area (Å²) in [6.07, 6.45) is 0. The van der Waals surface area contributed by atoms with Crippen LogP contribution in [0.5, 0.6) is 0 Å². The minimum absolute atomic E-state index is 0. The average molecular weight is 885 g/mol.